The number of benzene rings is 1. The lowest BCUT2D eigenvalue weighted by Gasteiger charge is -2.16. The number of hydrogen-bond acceptors (Lipinski definition) is 5. The lowest BCUT2D eigenvalue weighted by molar-refractivity contribution is 0.385. The van der Waals surface area contributed by atoms with E-state index < -0.39 is 0 Å². The van der Waals surface area contributed by atoms with E-state index in [1.807, 2.05) is 6.92 Å². The Morgan fingerprint density at radius 2 is 2.19 bits per heavy atom. The average Bonchev–Trinajstić information content (AvgIpc) is 2.97. The van der Waals surface area contributed by atoms with E-state index in [2.05, 4.69) is 25.5 Å². The molecule has 108 valence electrons. The molecule has 0 aliphatic carbocycles. The van der Waals surface area contributed by atoms with Crippen LogP contribution in [-0.2, 0) is 0 Å². The van der Waals surface area contributed by atoms with Crippen LogP contribution in [-0.4, -0.2) is 27.3 Å². The fourth-order valence-corrected chi connectivity index (χ4v) is 2.11. The molecule has 0 fully saturated rings. The summed E-state index contributed by atoms with van der Waals surface area (Å²) >= 11 is 0. The van der Waals surface area contributed by atoms with Crippen molar-refractivity contribution in [2.24, 2.45) is 0 Å². The topological polar surface area (TPSA) is 75.7 Å². The van der Waals surface area contributed by atoms with Crippen molar-refractivity contribution >= 4 is 16.9 Å². The Labute approximate surface area is 120 Å². The van der Waals surface area contributed by atoms with Crippen LogP contribution in [0.15, 0.2) is 30.7 Å². The van der Waals surface area contributed by atoms with Crippen molar-refractivity contribution in [2.75, 3.05) is 12.4 Å². The molecule has 1 atom stereocenters. The molecular formula is C14H14FN5O. The van der Waals surface area contributed by atoms with E-state index in [1.165, 1.54) is 19.5 Å². The fourth-order valence-electron chi connectivity index (χ4n) is 2.11. The van der Waals surface area contributed by atoms with E-state index in [0.29, 0.717) is 11.5 Å². The highest BCUT2D eigenvalue weighted by atomic mass is 19.1. The van der Waals surface area contributed by atoms with Crippen molar-refractivity contribution < 1.29 is 9.13 Å². The number of nitrogens with zero attached hydrogens (tertiary/aromatic N) is 3. The molecule has 0 spiro atoms. The maximum absolute atomic E-state index is 13.4. The van der Waals surface area contributed by atoms with Gasteiger partial charge in [-0.15, -0.1) is 0 Å². The fraction of sp³-hybridized carbons (Fsp3) is 0.214. The largest absolute Gasteiger partial charge is 0.494 e. The van der Waals surface area contributed by atoms with Crippen LogP contribution in [0.1, 0.15) is 18.5 Å². The van der Waals surface area contributed by atoms with Gasteiger partial charge in [-0.3, -0.25) is 5.10 Å². The van der Waals surface area contributed by atoms with Gasteiger partial charge in [0, 0.05) is 0 Å². The van der Waals surface area contributed by atoms with Crippen LogP contribution in [0.5, 0.6) is 5.75 Å². The van der Waals surface area contributed by atoms with Crippen molar-refractivity contribution in [1.82, 2.24) is 20.2 Å². The Kier molecular flexibility index (Phi) is 3.39. The van der Waals surface area contributed by atoms with Crippen LogP contribution in [0.3, 0.4) is 0 Å². The number of halogens is 1. The maximum Gasteiger partial charge on any atom is 0.165 e. The number of aromatic amines is 1. The van der Waals surface area contributed by atoms with Gasteiger partial charge in [0.05, 0.1) is 24.7 Å². The highest BCUT2D eigenvalue weighted by Gasteiger charge is 2.12. The van der Waals surface area contributed by atoms with Gasteiger partial charge in [0.15, 0.2) is 17.2 Å². The molecule has 2 N–H and O–H groups in total. The number of ether oxygens (including phenoxy) is 1. The summed E-state index contributed by atoms with van der Waals surface area (Å²) in [6.07, 6.45) is 3.12. The first-order valence-electron chi connectivity index (χ1n) is 6.43. The number of nitrogens with one attached hydrogen (secondary N) is 2. The Hall–Kier alpha value is -2.70. The van der Waals surface area contributed by atoms with Gasteiger partial charge in [-0.2, -0.15) is 5.10 Å². The smallest absolute Gasteiger partial charge is 0.165 e. The molecule has 3 aromatic rings. The number of rotatable bonds is 4. The number of methoxy groups -OCH3 is 1. The zero-order chi connectivity index (χ0) is 14.8. The molecule has 2 aromatic heterocycles. The third kappa shape index (κ3) is 2.49. The molecule has 6 nitrogen and oxygen atoms in total. The van der Waals surface area contributed by atoms with Gasteiger partial charge in [0.2, 0.25) is 0 Å². The molecule has 0 bridgehead atoms. The van der Waals surface area contributed by atoms with Crippen LogP contribution in [0.4, 0.5) is 10.2 Å². The van der Waals surface area contributed by atoms with E-state index in [1.54, 1.807) is 18.3 Å². The molecule has 0 aliphatic rings. The van der Waals surface area contributed by atoms with Crippen LogP contribution >= 0.6 is 0 Å². The van der Waals surface area contributed by atoms with E-state index in [-0.39, 0.29) is 17.6 Å². The number of fused-ring (bicyclic) bond motifs is 1. The number of anilines is 1. The number of hydrogen-bond donors (Lipinski definition) is 2. The summed E-state index contributed by atoms with van der Waals surface area (Å²) in [6, 6.07) is 4.69. The predicted molar refractivity (Wildman–Crippen MR) is 76.7 cm³/mol. The molecule has 0 saturated heterocycles. The molecule has 21 heavy (non-hydrogen) atoms. The van der Waals surface area contributed by atoms with Crippen LogP contribution in [0.2, 0.25) is 0 Å². The van der Waals surface area contributed by atoms with Crippen molar-refractivity contribution in [2.45, 2.75) is 13.0 Å². The molecule has 0 amide bonds. The summed E-state index contributed by atoms with van der Waals surface area (Å²) in [4.78, 5) is 8.30. The normalized spacial score (nSPS) is 12.3. The molecule has 0 unspecified atom stereocenters. The van der Waals surface area contributed by atoms with E-state index >= 15 is 0 Å². The average molecular weight is 287 g/mol. The van der Waals surface area contributed by atoms with Crippen LogP contribution < -0.4 is 10.1 Å². The minimum Gasteiger partial charge on any atom is -0.494 e. The van der Waals surface area contributed by atoms with Gasteiger partial charge >= 0.3 is 0 Å². The molecule has 7 heteroatoms. The molecular weight excluding hydrogens is 273 g/mol. The highest BCUT2D eigenvalue weighted by molar-refractivity contribution is 5.85. The van der Waals surface area contributed by atoms with Crippen molar-refractivity contribution in [1.29, 1.82) is 0 Å². The predicted octanol–water partition coefficient (Wildman–Crippen LogP) is 2.67. The minimum atomic E-state index is -0.382. The summed E-state index contributed by atoms with van der Waals surface area (Å²) < 4.78 is 18.4. The first-order valence-corrected chi connectivity index (χ1v) is 6.43. The van der Waals surface area contributed by atoms with Crippen molar-refractivity contribution in [3.8, 4) is 5.75 Å². The third-order valence-corrected chi connectivity index (χ3v) is 3.28. The van der Waals surface area contributed by atoms with Gasteiger partial charge in [-0.1, -0.05) is 6.07 Å². The van der Waals surface area contributed by atoms with E-state index in [0.717, 1.165) is 10.9 Å². The zero-order valence-electron chi connectivity index (χ0n) is 11.6. The zero-order valence-corrected chi connectivity index (χ0v) is 11.6. The van der Waals surface area contributed by atoms with E-state index in [9.17, 15) is 4.39 Å². The standard InChI is InChI=1S/C14H14FN5O/c1-8(9-3-4-11(15)12(5-9)21-2)19-13-10-6-18-20-14(10)17-7-16-13/h3-8H,1-2H3,(H2,16,17,18,19,20)/t8-/m0/s1. The summed E-state index contributed by atoms with van der Waals surface area (Å²) in [6.45, 7) is 1.96. The second-order valence-corrected chi connectivity index (χ2v) is 4.61. The first kappa shape index (κ1) is 13.3. The highest BCUT2D eigenvalue weighted by Crippen LogP contribution is 2.26. The quantitative estimate of drug-likeness (QED) is 0.771. The summed E-state index contributed by atoms with van der Waals surface area (Å²) in [7, 11) is 1.44. The molecule has 0 saturated carbocycles. The molecule has 1 aromatic carbocycles. The second-order valence-electron chi connectivity index (χ2n) is 4.61. The molecule has 0 aliphatic heterocycles. The van der Waals surface area contributed by atoms with E-state index in [4.69, 9.17) is 4.74 Å². The Morgan fingerprint density at radius 1 is 1.33 bits per heavy atom. The van der Waals surface area contributed by atoms with Gasteiger partial charge in [0.1, 0.15) is 12.1 Å². The van der Waals surface area contributed by atoms with Crippen LogP contribution in [0, 0.1) is 5.82 Å². The molecule has 2 heterocycles. The second kappa shape index (κ2) is 5.35. The number of H-pyrrole nitrogens is 1. The Morgan fingerprint density at radius 3 is 3.00 bits per heavy atom. The van der Waals surface area contributed by atoms with Gasteiger partial charge < -0.3 is 10.1 Å². The summed E-state index contributed by atoms with van der Waals surface area (Å²) in [5, 5.41) is 10.8. The maximum atomic E-state index is 13.4. The van der Waals surface area contributed by atoms with Crippen LogP contribution in [0.25, 0.3) is 11.0 Å². The summed E-state index contributed by atoms with van der Waals surface area (Å²) in [5.74, 6) is 0.509. The van der Waals surface area contributed by atoms with Gasteiger partial charge in [-0.25, -0.2) is 14.4 Å². The minimum absolute atomic E-state index is 0.0764. The summed E-state index contributed by atoms with van der Waals surface area (Å²) in [5.41, 5.74) is 1.56. The Bertz CT molecular complexity index is 773. The lowest BCUT2D eigenvalue weighted by Crippen LogP contribution is -2.09. The number of aromatic nitrogens is 4. The lowest BCUT2D eigenvalue weighted by atomic mass is 10.1. The van der Waals surface area contributed by atoms with Gasteiger partial charge in [-0.05, 0) is 24.6 Å². The van der Waals surface area contributed by atoms with Crippen molar-refractivity contribution in [3.63, 3.8) is 0 Å². The monoisotopic (exact) mass is 287 g/mol. The third-order valence-electron chi connectivity index (χ3n) is 3.28. The molecule has 0 radical (unpaired) electrons. The Balaban J connectivity index is 1.89. The molecule has 3 rings (SSSR count). The van der Waals surface area contributed by atoms with Crippen molar-refractivity contribution in [3.05, 3.63) is 42.1 Å². The first-order chi connectivity index (χ1) is 10.2. The SMILES string of the molecule is COc1cc([C@H](C)Nc2ncnc3[nH]ncc23)ccc1F. The van der Waals surface area contributed by atoms with Gasteiger partial charge in [0.25, 0.3) is 0 Å².